The van der Waals surface area contributed by atoms with Crippen LogP contribution in [0, 0.1) is 0 Å². The maximum absolute atomic E-state index is 11.7. The average molecular weight is 336 g/mol. The van der Waals surface area contributed by atoms with Gasteiger partial charge in [0.2, 0.25) is 0 Å². The van der Waals surface area contributed by atoms with Crippen molar-refractivity contribution in [3.63, 3.8) is 0 Å². The van der Waals surface area contributed by atoms with Crippen molar-refractivity contribution in [3.05, 3.63) is 18.2 Å². The van der Waals surface area contributed by atoms with Crippen molar-refractivity contribution in [2.45, 2.75) is 58.3 Å². The molecular formula is C18H28N2O4. The van der Waals surface area contributed by atoms with Crippen LogP contribution in [-0.2, 0) is 9.59 Å². The lowest BCUT2D eigenvalue weighted by Gasteiger charge is -2.07. The monoisotopic (exact) mass is 336 g/mol. The number of anilines is 1. The van der Waals surface area contributed by atoms with Gasteiger partial charge in [-0.05, 0) is 18.6 Å². The first kappa shape index (κ1) is 19.8. The molecule has 24 heavy (non-hydrogen) atoms. The Morgan fingerprint density at radius 3 is 2.12 bits per heavy atom. The smallest absolute Gasteiger partial charge is 0.313 e. The quantitative estimate of drug-likeness (QED) is 0.228. The van der Waals surface area contributed by atoms with Gasteiger partial charge in [-0.3, -0.25) is 9.59 Å². The molecule has 0 spiro atoms. The number of nitrogens with one attached hydrogen (secondary N) is 2. The Balaban J connectivity index is 2.14. The van der Waals surface area contributed by atoms with E-state index < -0.39 is 11.8 Å². The second-order valence-corrected chi connectivity index (χ2v) is 5.89. The molecule has 0 fully saturated rings. The van der Waals surface area contributed by atoms with Gasteiger partial charge in [0.05, 0.1) is 0 Å². The Kier molecular flexibility index (Phi) is 9.34. The Hall–Kier alpha value is -2.24. The van der Waals surface area contributed by atoms with E-state index in [0.717, 1.165) is 19.3 Å². The fraction of sp³-hybridized carbons (Fsp3) is 0.556. The van der Waals surface area contributed by atoms with Crippen LogP contribution < -0.4 is 10.6 Å². The van der Waals surface area contributed by atoms with E-state index in [2.05, 4.69) is 17.6 Å². The topological polar surface area (TPSA) is 98.7 Å². The molecule has 0 aliphatic heterocycles. The van der Waals surface area contributed by atoms with Gasteiger partial charge in [-0.25, -0.2) is 0 Å². The summed E-state index contributed by atoms with van der Waals surface area (Å²) in [5.74, 6) is -2.13. The highest BCUT2D eigenvalue weighted by molar-refractivity contribution is 6.39. The molecule has 0 radical (unpaired) electrons. The average Bonchev–Trinajstić information content (AvgIpc) is 2.56. The summed E-state index contributed by atoms with van der Waals surface area (Å²) in [6.45, 7) is 2.67. The Bertz CT molecular complexity index is 532. The van der Waals surface area contributed by atoms with Gasteiger partial charge in [0, 0.05) is 18.3 Å². The molecule has 0 aliphatic rings. The second kappa shape index (κ2) is 11.3. The predicted molar refractivity (Wildman–Crippen MR) is 94.0 cm³/mol. The van der Waals surface area contributed by atoms with Crippen LogP contribution in [0.25, 0.3) is 0 Å². The largest absolute Gasteiger partial charge is 0.504 e. The maximum Gasteiger partial charge on any atom is 0.313 e. The number of benzene rings is 1. The third-order valence-electron chi connectivity index (χ3n) is 3.76. The third-order valence-corrected chi connectivity index (χ3v) is 3.76. The SMILES string of the molecule is CCCCCCCCCCNC(=O)C(=O)Nc1ccc(O)c(O)c1. The fourth-order valence-electron chi connectivity index (χ4n) is 2.33. The molecular weight excluding hydrogens is 308 g/mol. The van der Waals surface area contributed by atoms with Gasteiger partial charge < -0.3 is 20.8 Å². The molecule has 6 nitrogen and oxygen atoms in total. The first-order valence-corrected chi connectivity index (χ1v) is 8.65. The normalized spacial score (nSPS) is 10.4. The predicted octanol–water partition coefficient (Wildman–Crippen LogP) is 3.29. The lowest BCUT2D eigenvalue weighted by Crippen LogP contribution is -2.35. The molecule has 1 rings (SSSR count). The standard InChI is InChI=1S/C18H28N2O4/c1-2-3-4-5-6-7-8-9-12-19-17(23)18(24)20-14-10-11-15(21)16(22)13-14/h10-11,13,21-22H,2-9,12H2,1H3,(H,19,23)(H,20,24). The molecule has 0 heterocycles. The van der Waals surface area contributed by atoms with E-state index in [1.54, 1.807) is 0 Å². The van der Waals surface area contributed by atoms with Crippen LogP contribution >= 0.6 is 0 Å². The molecule has 0 bridgehead atoms. The van der Waals surface area contributed by atoms with Gasteiger partial charge in [-0.2, -0.15) is 0 Å². The molecule has 0 atom stereocenters. The summed E-state index contributed by atoms with van der Waals surface area (Å²) in [5.41, 5.74) is 0.248. The molecule has 0 aromatic heterocycles. The highest BCUT2D eigenvalue weighted by atomic mass is 16.3. The summed E-state index contributed by atoms with van der Waals surface area (Å²) in [6, 6.07) is 3.82. The first-order chi connectivity index (χ1) is 11.5. The zero-order valence-corrected chi connectivity index (χ0v) is 14.3. The van der Waals surface area contributed by atoms with Gasteiger partial charge in [0.15, 0.2) is 11.5 Å². The molecule has 1 aromatic rings. The molecule has 6 heteroatoms. The van der Waals surface area contributed by atoms with Crippen LogP contribution in [0.3, 0.4) is 0 Å². The molecule has 1 aromatic carbocycles. The maximum atomic E-state index is 11.7. The third kappa shape index (κ3) is 7.85. The minimum absolute atomic E-state index is 0.248. The van der Waals surface area contributed by atoms with Crippen molar-refractivity contribution in [2.75, 3.05) is 11.9 Å². The highest BCUT2D eigenvalue weighted by Gasteiger charge is 2.13. The van der Waals surface area contributed by atoms with Gasteiger partial charge in [0.25, 0.3) is 0 Å². The Morgan fingerprint density at radius 1 is 0.875 bits per heavy atom. The number of carbonyl (C=O) groups is 2. The van der Waals surface area contributed by atoms with E-state index in [1.165, 1.54) is 50.3 Å². The summed E-state index contributed by atoms with van der Waals surface area (Å²) in [6.07, 6.45) is 9.37. The summed E-state index contributed by atoms with van der Waals surface area (Å²) >= 11 is 0. The number of phenolic OH excluding ortho intramolecular Hbond substituents is 2. The Morgan fingerprint density at radius 2 is 1.50 bits per heavy atom. The van der Waals surface area contributed by atoms with Crippen molar-refractivity contribution in [2.24, 2.45) is 0 Å². The van der Waals surface area contributed by atoms with Crippen molar-refractivity contribution in [1.29, 1.82) is 0 Å². The van der Waals surface area contributed by atoms with E-state index in [-0.39, 0.29) is 17.2 Å². The summed E-state index contributed by atoms with van der Waals surface area (Å²) in [4.78, 5) is 23.4. The lowest BCUT2D eigenvalue weighted by molar-refractivity contribution is -0.136. The first-order valence-electron chi connectivity index (χ1n) is 8.65. The number of rotatable bonds is 10. The summed E-state index contributed by atoms with van der Waals surface area (Å²) in [7, 11) is 0. The zero-order chi connectivity index (χ0) is 17.8. The molecule has 2 amide bonds. The van der Waals surface area contributed by atoms with Crippen LogP contribution in [0.15, 0.2) is 18.2 Å². The van der Waals surface area contributed by atoms with Crippen molar-refractivity contribution in [1.82, 2.24) is 5.32 Å². The number of unbranched alkanes of at least 4 members (excludes halogenated alkanes) is 7. The van der Waals surface area contributed by atoms with Crippen LogP contribution in [0.4, 0.5) is 5.69 Å². The molecule has 4 N–H and O–H groups in total. The molecule has 134 valence electrons. The van der Waals surface area contributed by atoms with E-state index in [1.807, 2.05) is 0 Å². The minimum atomic E-state index is -0.792. The molecule has 0 saturated heterocycles. The number of carbonyl (C=O) groups excluding carboxylic acids is 2. The number of hydrogen-bond donors (Lipinski definition) is 4. The van der Waals surface area contributed by atoms with Crippen molar-refractivity contribution >= 4 is 17.5 Å². The zero-order valence-electron chi connectivity index (χ0n) is 14.3. The lowest BCUT2D eigenvalue weighted by atomic mass is 10.1. The van der Waals surface area contributed by atoms with E-state index in [0.29, 0.717) is 6.54 Å². The van der Waals surface area contributed by atoms with Crippen molar-refractivity contribution in [3.8, 4) is 11.5 Å². The van der Waals surface area contributed by atoms with Crippen LogP contribution in [-0.4, -0.2) is 28.6 Å². The Labute approximate surface area is 143 Å². The van der Waals surface area contributed by atoms with Gasteiger partial charge in [-0.15, -0.1) is 0 Å². The van der Waals surface area contributed by atoms with E-state index in [4.69, 9.17) is 0 Å². The number of phenols is 2. The van der Waals surface area contributed by atoms with Gasteiger partial charge >= 0.3 is 11.8 Å². The number of hydrogen-bond acceptors (Lipinski definition) is 4. The van der Waals surface area contributed by atoms with E-state index in [9.17, 15) is 19.8 Å². The molecule has 0 unspecified atom stereocenters. The number of aromatic hydroxyl groups is 2. The fourth-order valence-corrected chi connectivity index (χ4v) is 2.33. The molecule has 0 saturated carbocycles. The minimum Gasteiger partial charge on any atom is -0.504 e. The number of amides is 2. The van der Waals surface area contributed by atoms with Crippen LogP contribution in [0.1, 0.15) is 58.3 Å². The summed E-state index contributed by atoms with van der Waals surface area (Å²) < 4.78 is 0. The van der Waals surface area contributed by atoms with Crippen LogP contribution in [0.2, 0.25) is 0 Å². The highest BCUT2D eigenvalue weighted by Crippen LogP contribution is 2.27. The van der Waals surface area contributed by atoms with Gasteiger partial charge in [-0.1, -0.05) is 51.9 Å². The van der Waals surface area contributed by atoms with E-state index >= 15 is 0 Å². The summed E-state index contributed by atoms with van der Waals surface area (Å²) in [5, 5.41) is 23.5. The van der Waals surface area contributed by atoms with Crippen molar-refractivity contribution < 1.29 is 19.8 Å². The van der Waals surface area contributed by atoms with Crippen LogP contribution in [0.5, 0.6) is 11.5 Å². The van der Waals surface area contributed by atoms with Gasteiger partial charge in [0.1, 0.15) is 0 Å². The molecule has 0 aliphatic carbocycles. The second-order valence-electron chi connectivity index (χ2n) is 5.89.